The summed E-state index contributed by atoms with van der Waals surface area (Å²) >= 11 is 0. The number of rotatable bonds is 36. The second-order valence-corrected chi connectivity index (χ2v) is 25.0. The van der Waals surface area contributed by atoms with Crippen LogP contribution in [0.1, 0.15) is 137 Å². The number of hydrogen-bond donors (Lipinski definition) is 11. The van der Waals surface area contributed by atoms with Gasteiger partial charge in [-0.2, -0.15) is 4.98 Å². The molecule has 2 aromatic carbocycles. The third-order valence-electron chi connectivity index (χ3n) is 16.8. The standard InChI is InChI=1S/C71H91N15O15/c1-6-13-58-45(5)57(87)38-59(101-58)54(17-11-14-42(2)36-44(4)37-43(3)20-29-52-15-12-19-61(89)100-52)80-71(98)99-35-32-49-41-85(84-83-49)51-27-23-46(24-28-51)64(90)75-34-10-8-16-53(73)67(93)86(56(69(96)97)18-7-9-33-72)60(88)31-30-55(68(94)95)79-65(91)47-21-25-48(26-22-47)76-39-50-40-77-63-62(78-50)66(92)82-70(74)81-63/h6,11-14,17,19-29,37,40-41,44-45,52-59,76,87H,7-10,15-16,18,30-36,38-39,72-73H2,1-5H3,(H,75,90)(H,79,91)(H,80,98)(H,94,95)(H,96,97)(H3,74,77,81,82,92)/b13-6+,17-11+,29-20+,42-14+,43-37-/t44-,45+,52-,53+,54-,55+,56-,57-,58+,59+/m1/s1. The number of amides is 5. The van der Waals surface area contributed by atoms with Crippen molar-refractivity contribution in [3.05, 3.63) is 166 Å². The monoisotopic (exact) mass is 1390 g/mol. The number of nitrogens with one attached hydrogen (secondary N) is 5. The number of nitrogens with two attached hydrogens (primary N) is 3. The summed E-state index contributed by atoms with van der Waals surface area (Å²) in [6.07, 6.45) is 21.0. The molecule has 7 rings (SSSR count). The fourth-order valence-corrected chi connectivity index (χ4v) is 11.3. The van der Waals surface area contributed by atoms with E-state index in [1.54, 1.807) is 48.7 Å². The van der Waals surface area contributed by atoms with Crippen LogP contribution in [0.2, 0.25) is 0 Å². The number of aliphatic hydroxyl groups excluding tert-OH is 1. The van der Waals surface area contributed by atoms with Gasteiger partial charge >= 0.3 is 24.0 Å². The van der Waals surface area contributed by atoms with Crippen LogP contribution in [-0.2, 0) is 51.1 Å². The van der Waals surface area contributed by atoms with Crippen LogP contribution in [0.15, 0.2) is 138 Å². The highest BCUT2D eigenvalue weighted by Gasteiger charge is 2.39. The normalized spacial score (nSPS) is 18.7. The molecule has 3 aromatic heterocycles. The van der Waals surface area contributed by atoms with Crippen LogP contribution in [0, 0.1) is 11.8 Å². The molecule has 5 heterocycles. The Kier molecular flexibility index (Phi) is 29.8. The number of anilines is 2. The zero-order valence-corrected chi connectivity index (χ0v) is 57.2. The molecule has 5 aromatic rings. The first-order valence-electron chi connectivity index (χ1n) is 33.6. The molecule has 0 spiro atoms. The lowest BCUT2D eigenvalue weighted by atomic mass is 9.87. The molecule has 540 valence electrons. The van der Waals surface area contributed by atoms with Gasteiger partial charge in [0.25, 0.3) is 17.4 Å². The number of nitrogen functional groups attached to an aromatic ring is 1. The van der Waals surface area contributed by atoms with Gasteiger partial charge in [0, 0.05) is 61.0 Å². The molecule has 2 aliphatic rings. The third kappa shape index (κ3) is 24.1. The van der Waals surface area contributed by atoms with Crippen molar-refractivity contribution in [1.29, 1.82) is 0 Å². The molecule has 14 N–H and O–H groups in total. The molecule has 30 nitrogen and oxygen atoms in total. The number of aromatic amines is 1. The first-order valence-corrected chi connectivity index (χ1v) is 33.6. The van der Waals surface area contributed by atoms with Gasteiger partial charge in [-0.25, -0.2) is 33.8 Å². The maximum atomic E-state index is 14.0. The summed E-state index contributed by atoms with van der Waals surface area (Å²) < 4.78 is 18.9. The third-order valence-corrected chi connectivity index (χ3v) is 16.8. The van der Waals surface area contributed by atoms with E-state index in [1.807, 2.05) is 70.2 Å². The van der Waals surface area contributed by atoms with Crippen LogP contribution in [0.3, 0.4) is 0 Å². The van der Waals surface area contributed by atoms with Crippen LogP contribution >= 0.6 is 0 Å². The number of unbranched alkanes of at least 4 members (excludes halogenated alkanes) is 2. The molecule has 0 aliphatic carbocycles. The molecule has 0 radical (unpaired) electrons. The molecule has 1 fully saturated rings. The van der Waals surface area contributed by atoms with Crippen LogP contribution in [0.5, 0.6) is 0 Å². The molecular weight excluding hydrogens is 1300 g/mol. The minimum atomic E-state index is -1.65. The zero-order valence-electron chi connectivity index (χ0n) is 57.2. The molecule has 0 saturated carbocycles. The van der Waals surface area contributed by atoms with Gasteiger partial charge in [-0.1, -0.05) is 78.8 Å². The molecule has 5 amide bonds. The number of alkyl carbamates (subject to hydrolysis) is 1. The lowest BCUT2D eigenvalue weighted by Gasteiger charge is -2.39. The highest BCUT2D eigenvalue weighted by molar-refractivity contribution is 6.02. The number of fused-ring (bicyclic) bond motifs is 1. The number of imide groups is 1. The topological polar surface area (TPSA) is 457 Å². The fraction of sp³-hybridized carbons (Fsp3) is 0.437. The maximum absolute atomic E-state index is 14.0. The Hall–Kier alpha value is -10.6. The average molecular weight is 1390 g/mol. The molecule has 2 aliphatic heterocycles. The predicted octanol–water partition coefficient (Wildman–Crippen LogP) is 5.59. The van der Waals surface area contributed by atoms with E-state index in [9.17, 15) is 58.5 Å². The van der Waals surface area contributed by atoms with Gasteiger partial charge in [-0.05, 0) is 139 Å². The Morgan fingerprint density at radius 3 is 2.36 bits per heavy atom. The van der Waals surface area contributed by atoms with Gasteiger partial charge in [0.1, 0.15) is 18.2 Å². The van der Waals surface area contributed by atoms with E-state index in [1.165, 1.54) is 29.1 Å². The number of hydrogen-bond acceptors (Lipinski definition) is 22. The number of aliphatic hydroxyl groups is 1. The van der Waals surface area contributed by atoms with Crippen molar-refractivity contribution in [1.82, 2.24) is 55.8 Å². The molecule has 101 heavy (non-hydrogen) atoms. The number of H-pyrrole nitrogens is 1. The van der Waals surface area contributed by atoms with Crippen molar-refractivity contribution in [2.75, 3.05) is 30.7 Å². The van der Waals surface area contributed by atoms with Crippen molar-refractivity contribution in [3.8, 4) is 5.69 Å². The largest absolute Gasteiger partial charge is 0.480 e. The van der Waals surface area contributed by atoms with Crippen LogP contribution in [0.4, 0.5) is 16.4 Å². The minimum Gasteiger partial charge on any atom is -0.480 e. The number of nitrogens with zero attached hydrogens (tertiary/aromatic N) is 7. The number of carboxylic acids is 2. The summed E-state index contributed by atoms with van der Waals surface area (Å²) in [5.41, 5.74) is 21.7. The molecule has 30 heteroatoms. The Balaban J connectivity index is 0.854. The van der Waals surface area contributed by atoms with E-state index in [-0.39, 0.29) is 117 Å². The maximum Gasteiger partial charge on any atom is 0.407 e. The smallest absolute Gasteiger partial charge is 0.407 e. The second kappa shape index (κ2) is 38.7. The fourth-order valence-electron chi connectivity index (χ4n) is 11.3. The Morgan fingerprint density at radius 1 is 0.911 bits per heavy atom. The summed E-state index contributed by atoms with van der Waals surface area (Å²) in [6.45, 7) is 10.4. The first-order chi connectivity index (χ1) is 48.4. The van der Waals surface area contributed by atoms with Crippen molar-refractivity contribution in [2.24, 2.45) is 23.3 Å². The van der Waals surface area contributed by atoms with E-state index in [0.29, 0.717) is 52.5 Å². The number of allylic oxidation sites excluding steroid dienone is 7. The summed E-state index contributed by atoms with van der Waals surface area (Å²) in [5.74, 6) is -6.58. The summed E-state index contributed by atoms with van der Waals surface area (Å²) in [7, 11) is 0. The quantitative estimate of drug-likeness (QED) is 0.0101. The number of carbonyl (C=O) groups is 8. The minimum absolute atomic E-state index is 0.00575. The number of aromatic nitrogens is 7. The van der Waals surface area contributed by atoms with Crippen molar-refractivity contribution >= 4 is 70.4 Å². The highest BCUT2D eigenvalue weighted by Crippen LogP contribution is 2.29. The number of aliphatic carboxylic acids is 2. The van der Waals surface area contributed by atoms with Crippen LogP contribution in [0.25, 0.3) is 16.9 Å². The molecule has 0 unspecified atom stereocenters. The zero-order chi connectivity index (χ0) is 73.1. The average Bonchev–Trinajstić information content (AvgIpc) is 1.34. The predicted molar refractivity (Wildman–Crippen MR) is 374 cm³/mol. The number of carbonyl (C=O) groups excluding carboxylic acids is 6. The van der Waals surface area contributed by atoms with Gasteiger partial charge in [0.15, 0.2) is 11.2 Å². The van der Waals surface area contributed by atoms with Crippen LogP contribution in [-0.4, -0.2) is 171 Å². The lowest BCUT2D eigenvalue weighted by molar-refractivity contribution is -0.159. The van der Waals surface area contributed by atoms with E-state index in [2.05, 4.69) is 64.5 Å². The number of esters is 1. The van der Waals surface area contributed by atoms with Crippen molar-refractivity contribution in [2.45, 2.75) is 167 Å². The Labute approximate surface area is 584 Å². The van der Waals surface area contributed by atoms with E-state index >= 15 is 0 Å². The van der Waals surface area contributed by atoms with Gasteiger partial charge in [-0.15, -0.1) is 5.10 Å². The van der Waals surface area contributed by atoms with Gasteiger partial charge < -0.3 is 68.0 Å². The Bertz CT molecular complexity index is 3940. The van der Waals surface area contributed by atoms with Crippen LogP contribution < -0.4 is 44.0 Å². The van der Waals surface area contributed by atoms with Crippen molar-refractivity contribution in [3.63, 3.8) is 0 Å². The summed E-state index contributed by atoms with van der Waals surface area (Å²) in [4.78, 5) is 132. The lowest BCUT2D eigenvalue weighted by Crippen LogP contribution is -2.54. The number of ether oxygens (including phenoxy) is 3. The summed E-state index contributed by atoms with van der Waals surface area (Å²) in [6, 6.07) is 7.20. The van der Waals surface area contributed by atoms with Gasteiger partial charge in [0.2, 0.25) is 17.8 Å². The number of benzene rings is 2. The summed E-state index contributed by atoms with van der Waals surface area (Å²) in [5, 5.41) is 51.1. The van der Waals surface area contributed by atoms with Crippen molar-refractivity contribution < 1.29 is 67.9 Å². The number of carboxylic acid groups (broad SMARTS) is 2. The SMILES string of the molecule is C/C=C/[C@@H]1O[C@H]([C@@H](/C=C/C=C(\C)C[C@@H](C)/C=C(C)\C=C\[C@H]2CC=CC(=O)O2)NC(=O)OCCc2cn(-c3ccc(C(=O)NCCCC[C@H](N)C(=O)N(C(=O)CC[C@H](NC(=O)c4ccc(NCc5cnc6nc(N)[nH]c(=O)c6n5)cc4)C(=O)O)[C@H](CCCCN)C(=O)O)cc3)nn2)C[C@@H](O)[C@@H]1C. The van der Waals surface area contributed by atoms with Gasteiger partial charge in [0.05, 0.1) is 73.0 Å². The van der Waals surface area contributed by atoms with E-state index in [0.717, 1.165) is 17.6 Å². The van der Waals surface area contributed by atoms with E-state index in [4.69, 9.17) is 31.4 Å². The molecule has 10 atom stereocenters. The van der Waals surface area contributed by atoms with E-state index < -0.39 is 96.4 Å². The van der Waals surface area contributed by atoms with Gasteiger partial charge in [-0.3, -0.25) is 33.9 Å². The first kappa shape index (κ1) is 77.8. The second-order valence-electron chi connectivity index (χ2n) is 25.0. The Morgan fingerprint density at radius 2 is 1.64 bits per heavy atom. The highest BCUT2D eigenvalue weighted by atomic mass is 16.6. The molecule has 0 bridgehead atoms. The molecule has 1 saturated heterocycles. The number of cyclic esters (lactones) is 1. The molecular formula is C71H91N15O15.